The summed E-state index contributed by atoms with van der Waals surface area (Å²) in [4.78, 5) is 31.4. The number of carbonyl (C=O) groups excluding carboxylic acids is 1. The van der Waals surface area contributed by atoms with E-state index < -0.39 is 5.97 Å². The van der Waals surface area contributed by atoms with Crippen LogP contribution in [0.15, 0.2) is 12.4 Å². The first-order valence-corrected chi connectivity index (χ1v) is 7.38. The number of piperidine rings is 1. The number of aliphatic carboxylic acids is 1. The van der Waals surface area contributed by atoms with E-state index in [1.807, 2.05) is 0 Å². The molecule has 0 saturated carbocycles. The second-order valence-electron chi connectivity index (χ2n) is 5.38. The molecule has 1 aliphatic rings. The van der Waals surface area contributed by atoms with Gasteiger partial charge in [0.1, 0.15) is 5.82 Å². The maximum atomic E-state index is 12.0. The molecule has 7 nitrogen and oxygen atoms in total. The summed E-state index contributed by atoms with van der Waals surface area (Å²) in [5, 5.41) is 11.6. The van der Waals surface area contributed by atoms with Crippen molar-refractivity contribution in [3.05, 3.63) is 18.2 Å². The first-order chi connectivity index (χ1) is 10.1. The molecule has 0 aromatic carbocycles. The van der Waals surface area contributed by atoms with Gasteiger partial charge in [0.25, 0.3) is 0 Å². The van der Waals surface area contributed by atoms with Gasteiger partial charge in [0, 0.05) is 44.9 Å². The highest BCUT2D eigenvalue weighted by Gasteiger charge is 2.22. The van der Waals surface area contributed by atoms with Crippen molar-refractivity contribution in [2.75, 3.05) is 19.6 Å². The van der Waals surface area contributed by atoms with Crippen LogP contribution in [-0.4, -0.2) is 51.6 Å². The van der Waals surface area contributed by atoms with Gasteiger partial charge in [-0.1, -0.05) is 0 Å². The molecule has 116 valence electrons. The molecule has 0 atom stereocenters. The van der Waals surface area contributed by atoms with Gasteiger partial charge in [0.2, 0.25) is 0 Å². The summed E-state index contributed by atoms with van der Waals surface area (Å²) in [7, 11) is 0. The molecule has 0 bridgehead atoms. The van der Waals surface area contributed by atoms with Crippen molar-refractivity contribution in [3.8, 4) is 0 Å². The summed E-state index contributed by atoms with van der Waals surface area (Å²) >= 11 is 0. The van der Waals surface area contributed by atoms with Gasteiger partial charge in [-0.05, 0) is 25.2 Å². The minimum absolute atomic E-state index is 0.0433. The lowest BCUT2D eigenvalue weighted by molar-refractivity contribution is -0.137. The normalized spacial score (nSPS) is 15.9. The van der Waals surface area contributed by atoms with Crippen molar-refractivity contribution in [2.24, 2.45) is 5.92 Å². The van der Waals surface area contributed by atoms with E-state index in [2.05, 4.69) is 15.3 Å². The van der Waals surface area contributed by atoms with Crippen LogP contribution in [0.4, 0.5) is 4.79 Å². The Morgan fingerprint density at radius 1 is 1.43 bits per heavy atom. The van der Waals surface area contributed by atoms with Gasteiger partial charge < -0.3 is 20.3 Å². The highest BCUT2D eigenvalue weighted by atomic mass is 16.4. The monoisotopic (exact) mass is 294 g/mol. The van der Waals surface area contributed by atoms with Crippen LogP contribution in [0.25, 0.3) is 0 Å². The van der Waals surface area contributed by atoms with Crippen LogP contribution in [0.3, 0.4) is 0 Å². The third kappa shape index (κ3) is 5.09. The standard InChI is InChI=1S/C14H22N4O3/c19-13(20)2-1-11-4-9-18(10-5-11)14(21)17-6-3-12-15-7-8-16-12/h7-8,11H,1-6,9-10H2,(H,15,16)(H,17,21)(H,19,20). The summed E-state index contributed by atoms with van der Waals surface area (Å²) in [6.07, 6.45) is 6.85. The minimum atomic E-state index is -0.743. The van der Waals surface area contributed by atoms with Gasteiger partial charge in [-0.2, -0.15) is 0 Å². The molecular weight excluding hydrogens is 272 g/mol. The summed E-state index contributed by atoms with van der Waals surface area (Å²) in [6, 6.07) is -0.0433. The molecule has 2 rings (SSSR count). The van der Waals surface area contributed by atoms with Gasteiger partial charge in [-0.3, -0.25) is 4.79 Å². The number of imidazole rings is 1. The lowest BCUT2D eigenvalue weighted by Gasteiger charge is -2.31. The average Bonchev–Trinajstić information content (AvgIpc) is 2.99. The molecule has 1 aromatic rings. The highest BCUT2D eigenvalue weighted by Crippen LogP contribution is 2.21. The van der Waals surface area contributed by atoms with Crippen molar-refractivity contribution >= 4 is 12.0 Å². The van der Waals surface area contributed by atoms with E-state index in [-0.39, 0.29) is 12.5 Å². The number of nitrogens with zero attached hydrogens (tertiary/aromatic N) is 2. The average molecular weight is 294 g/mol. The molecule has 21 heavy (non-hydrogen) atoms. The van der Waals surface area contributed by atoms with Gasteiger partial charge in [-0.25, -0.2) is 9.78 Å². The maximum Gasteiger partial charge on any atom is 0.317 e. The number of hydrogen-bond donors (Lipinski definition) is 3. The number of amides is 2. The van der Waals surface area contributed by atoms with Crippen LogP contribution < -0.4 is 5.32 Å². The number of carbonyl (C=O) groups is 2. The van der Waals surface area contributed by atoms with Crippen molar-refractivity contribution in [3.63, 3.8) is 0 Å². The molecule has 2 amide bonds. The zero-order valence-corrected chi connectivity index (χ0v) is 12.0. The summed E-state index contributed by atoms with van der Waals surface area (Å²) in [6.45, 7) is 1.97. The zero-order chi connectivity index (χ0) is 15.1. The SMILES string of the molecule is O=C(O)CCC1CCN(C(=O)NCCc2ncc[nH]2)CC1. The van der Waals surface area contributed by atoms with E-state index in [1.165, 1.54) is 0 Å². The topological polar surface area (TPSA) is 98.3 Å². The number of rotatable bonds is 6. The van der Waals surface area contributed by atoms with Gasteiger partial charge >= 0.3 is 12.0 Å². The number of H-pyrrole nitrogens is 1. The Balaban J connectivity index is 1.62. The summed E-state index contributed by atoms with van der Waals surface area (Å²) < 4.78 is 0. The molecule has 0 spiro atoms. The third-order valence-electron chi connectivity index (χ3n) is 3.86. The lowest BCUT2D eigenvalue weighted by atomic mass is 9.92. The van der Waals surface area contributed by atoms with Crippen molar-refractivity contribution in [1.82, 2.24) is 20.2 Å². The molecule has 0 radical (unpaired) electrons. The number of carboxylic acid groups (broad SMARTS) is 1. The fraction of sp³-hybridized carbons (Fsp3) is 0.643. The number of nitrogens with one attached hydrogen (secondary N) is 2. The van der Waals surface area contributed by atoms with Crippen molar-refractivity contribution in [2.45, 2.75) is 32.1 Å². The van der Waals surface area contributed by atoms with E-state index in [1.54, 1.807) is 17.3 Å². The molecular formula is C14H22N4O3. The molecule has 3 N–H and O–H groups in total. The molecule has 1 fully saturated rings. The summed E-state index contributed by atoms with van der Waals surface area (Å²) in [5.74, 6) is 0.545. The largest absolute Gasteiger partial charge is 0.481 e. The van der Waals surface area contributed by atoms with Crippen LogP contribution in [0.2, 0.25) is 0 Å². The van der Waals surface area contributed by atoms with E-state index in [9.17, 15) is 9.59 Å². The van der Waals surface area contributed by atoms with Crippen molar-refractivity contribution in [1.29, 1.82) is 0 Å². The molecule has 1 saturated heterocycles. The van der Waals surface area contributed by atoms with E-state index >= 15 is 0 Å². The van der Waals surface area contributed by atoms with E-state index in [0.717, 1.165) is 18.7 Å². The Morgan fingerprint density at radius 2 is 2.19 bits per heavy atom. The van der Waals surface area contributed by atoms with Crippen LogP contribution in [0, 0.1) is 5.92 Å². The second-order valence-corrected chi connectivity index (χ2v) is 5.38. The molecule has 2 heterocycles. The van der Waals surface area contributed by atoms with Gasteiger partial charge in [-0.15, -0.1) is 0 Å². The third-order valence-corrected chi connectivity index (χ3v) is 3.86. The van der Waals surface area contributed by atoms with Gasteiger partial charge in [0.15, 0.2) is 0 Å². The first kappa shape index (κ1) is 15.3. The molecule has 0 unspecified atom stereocenters. The predicted molar refractivity (Wildman–Crippen MR) is 76.9 cm³/mol. The Kier molecular flexibility index (Phi) is 5.59. The fourth-order valence-electron chi connectivity index (χ4n) is 2.59. The van der Waals surface area contributed by atoms with E-state index in [4.69, 9.17) is 5.11 Å². The number of urea groups is 1. The smallest absolute Gasteiger partial charge is 0.317 e. The molecule has 0 aliphatic carbocycles. The van der Waals surface area contributed by atoms with Crippen LogP contribution >= 0.6 is 0 Å². The number of carboxylic acids is 1. The second kappa shape index (κ2) is 7.66. The van der Waals surface area contributed by atoms with Crippen molar-refractivity contribution < 1.29 is 14.7 Å². The van der Waals surface area contributed by atoms with E-state index in [0.29, 0.717) is 38.4 Å². The number of likely N-dealkylation sites (tertiary alicyclic amines) is 1. The predicted octanol–water partition coefficient (Wildman–Crippen LogP) is 1.24. The minimum Gasteiger partial charge on any atom is -0.481 e. The Hall–Kier alpha value is -2.05. The molecule has 1 aliphatic heterocycles. The lowest BCUT2D eigenvalue weighted by Crippen LogP contribution is -2.45. The van der Waals surface area contributed by atoms with Crippen LogP contribution in [0.1, 0.15) is 31.5 Å². The first-order valence-electron chi connectivity index (χ1n) is 7.38. The Bertz CT molecular complexity index is 453. The Labute approximate surface area is 123 Å². The number of hydrogen-bond acceptors (Lipinski definition) is 3. The molecule has 7 heteroatoms. The number of aromatic nitrogens is 2. The van der Waals surface area contributed by atoms with Crippen LogP contribution in [0.5, 0.6) is 0 Å². The zero-order valence-electron chi connectivity index (χ0n) is 12.0. The maximum absolute atomic E-state index is 12.0. The van der Waals surface area contributed by atoms with Crippen LogP contribution in [-0.2, 0) is 11.2 Å². The molecule has 1 aromatic heterocycles. The quantitative estimate of drug-likeness (QED) is 0.735. The fourth-order valence-corrected chi connectivity index (χ4v) is 2.59. The summed E-state index contributed by atoms with van der Waals surface area (Å²) in [5.41, 5.74) is 0. The highest BCUT2D eigenvalue weighted by molar-refractivity contribution is 5.74. The van der Waals surface area contributed by atoms with Gasteiger partial charge in [0.05, 0.1) is 0 Å². The number of aromatic amines is 1. The Morgan fingerprint density at radius 3 is 2.81 bits per heavy atom.